The van der Waals surface area contributed by atoms with Crippen molar-refractivity contribution in [3.05, 3.63) is 53.3 Å². The van der Waals surface area contributed by atoms with Crippen LogP contribution in [0, 0.1) is 0 Å². The molecule has 1 aromatic heterocycles. The number of carbonyl (C=O) groups is 1. The minimum Gasteiger partial charge on any atom is -0.367 e. The molecule has 2 rings (SSSR count). The van der Waals surface area contributed by atoms with E-state index < -0.39 is 24.2 Å². The quantitative estimate of drug-likeness (QED) is 0.577. The standard InChI is InChI=1S/C16H11F6NO2/c1-25-14(16(20,21)22)12-5-9(8-24)4-11(6-12)10-2-3-13(23-7-10)15(17,18)19/h2-8,14H,1H3. The van der Waals surface area contributed by atoms with E-state index in [1.165, 1.54) is 6.07 Å². The summed E-state index contributed by atoms with van der Waals surface area (Å²) in [6.07, 6.45) is -10.4. The Bertz CT molecular complexity index is 753. The first-order valence-electron chi connectivity index (χ1n) is 6.79. The molecule has 0 aliphatic rings. The van der Waals surface area contributed by atoms with Crippen LogP contribution in [-0.4, -0.2) is 24.6 Å². The zero-order valence-electron chi connectivity index (χ0n) is 12.7. The maximum absolute atomic E-state index is 13.0. The molecule has 2 aromatic rings. The number of alkyl halides is 6. The van der Waals surface area contributed by atoms with Crippen molar-refractivity contribution in [3.8, 4) is 11.1 Å². The summed E-state index contributed by atoms with van der Waals surface area (Å²) in [5.74, 6) is 0. The van der Waals surface area contributed by atoms with Crippen LogP contribution in [0.25, 0.3) is 11.1 Å². The van der Waals surface area contributed by atoms with Crippen LogP contribution in [0.15, 0.2) is 36.5 Å². The van der Waals surface area contributed by atoms with Gasteiger partial charge in [-0.3, -0.25) is 9.78 Å². The van der Waals surface area contributed by atoms with Gasteiger partial charge in [-0.1, -0.05) is 6.07 Å². The molecule has 0 fully saturated rings. The van der Waals surface area contributed by atoms with Crippen molar-refractivity contribution >= 4 is 6.29 Å². The van der Waals surface area contributed by atoms with E-state index in [4.69, 9.17) is 0 Å². The Morgan fingerprint density at radius 1 is 1.04 bits per heavy atom. The monoisotopic (exact) mass is 363 g/mol. The molecule has 0 saturated heterocycles. The normalized spacial score (nSPS) is 13.6. The third-order valence-corrected chi connectivity index (χ3v) is 3.34. The number of benzene rings is 1. The van der Waals surface area contributed by atoms with Gasteiger partial charge in [-0.2, -0.15) is 26.3 Å². The summed E-state index contributed by atoms with van der Waals surface area (Å²) in [6, 6.07) is 5.14. The Labute approximate surface area is 138 Å². The van der Waals surface area contributed by atoms with Gasteiger partial charge in [0.1, 0.15) is 12.0 Å². The third kappa shape index (κ3) is 4.36. The Morgan fingerprint density at radius 2 is 1.72 bits per heavy atom. The molecule has 0 aliphatic heterocycles. The van der Waals surface area contributed by atoms with Gasteiger partial charge in [0, 0.05) is 24.4 Å². The Morgan fingerprint density at radius 3 is 2.16 bits per heavy atom. The average Bonchev–Trinajstić information content (AvgIpc) is 2.53. The first-order valence-corrected chi connectivity index (χ1v) is 6.79. The summed E-state index contributed by atoms with van der Waals surface area (Å²) in [5, 5.41) is 0. The molecule has 9 heteroatoms. The number of hydrogen-bond acceptors (Lipinski definition) is 3. The van der Waals surface area contributed by atoms with Gasteiger partial charge in [0.25, 0.3) is 0 Å². The van der Waals surface area contributed by atoms with E-state index >= 15 is 0 Å². The molecule has 0 spiro atoms. The number of ether oxygens (including phenoxy) is 1. The van der Waals surface area contributed by atoms with E-state index in [1.54, 1.807) is 0 Å². The fraction of sp³-hybridized carbons (Fsp3) is 0.250. The molecule has 3 nitrogen and oxygen atoms in total. The van der Waals surface area contributed by atoms with Gasteiger partial charge >= 0.3 is 12.4 Å². The van der Waals surface area contributed by atoms with Crippen molar-refractivity contribution in [1.29, 1.82) is 0 Å². The molecular weight excluding hydrogens is 352 g/mol. The predicted molar refractivity (Wildman–Crippen MR) is 75.9 cm³/mol. The second kappa shape index (κ2) is 6.83. The van der Waals surface area contributed by atoms with E-state index in [2.05, 4.69) is 9.72 Å². The first kappa shape index (κ1) is 18.9. The van der Waals surface area contributed by atoms with Gasteiger partial charge in [0.05, 0.1) is 0 Å². The largest absolute Gasteiger partial charge is 0.433 e. The van der Waals surface area contributed by atoms with Gasteiger partial charge in [-0.15, -0.1) is 0 Å². The number of aromatic nitrogens is 1. The maximum Gasteiger partial charge on any atom is 0.433 e. The van der Waals surface area contributed by atoms with Crippen LogP contribution < -0.4 is 0 Å². The van der Waals surface area contributed by atoms with Crippen molar-refractivity contribution in [1.82, 2.24) is 4.98 Å². The molecule has 0 saturated carbocycles. The smallest absolute Gasteiger partial charge is 0.367 e. The Kier molecular flexibility index (Phi) is 5.17. The number of pyridine rings is 1. The lowest BCUT2D eigenvalue weighted by molar-refractivity contribution is -0.215. The summed E-state index contributed by atoms with van der Waals surface area (Å²) < 4.78 is 81.1. The molecule has 1 unspecified atom stereocenters. The number of carbonyl (C=O) groups excluding carboxylic acids is 1. The van der Waals surface area contributed by atoms with Crippen LogP contribution in [0.1, 0.15) is 27.7 Å². The zero-order valence-corrected chi connectivity index (χ0v) is 12.7. The first-order chi connectivity index (χ1) is 11.6. The number of rotatable bonds is 4. The highest BCUT2D eigenvalue weighted by Crippen LogP contribution is 2.37. The summed E-state index contributed by atoms with van der Waals surface area (Å²) in [4.78, 5) is 14.3. The van der Waals surface area contributed by atoms with Gasteiger partial charge < -0.3 is 4.74 Å². The molecule has 0 aliphatic carbocycles. The third-order valence-electron chi connectivity index (χ3n) is 3.34. The summed E-state index contributed by atoms with van der Waals surface area (Å²) in [7, 11) is 0.866. The van der Waals surface area contributed by atoms with Crippen molar-refractivity contribution < 1.29 is 35.9 Å². The van der Waals surface area contributed by atoms with Crippen LogP contribution in [0.5, 0.6) is 0 Å². The highest BCUT2D eigenvalue weighted by molar-refractivity contribution is 5.79. The molecule has 0 bridgehead atoms. The lowest BCUT2D eigenvalue weighted by Gasteiger charge is -2.20. The fourth-order valence-electron chi connectivity index (χ4n) is 2.25. The minimum atomic E-state index is -4.72. The topological polar surface area (TPSA) is 39.2 Å². The molecular formula is C16H11F6NO2. The Hall–Kier alpha value is -2.42. The number of nitrogens with zero attached hydrogens (tertiary/aromatic N) is 1. The van der Waals surface area contributed by atoms with Gasteiger partial charge in [0.2, 0.25) is 0 Å². The molecule has 0 radical (unpaired) electrons. The van der Waals surface area contributed by atoms with E-state index in [0.717, 1.165) is 31.5 Å². The van der Waals surface area contributed by atoms with Crippen molar-refractivity contribution in [2.45, 2.75) is 18.5 Å². The lowest BCUT2D eigenvalue weighted by Crippen LogP contribution is -2.22. The second-order valence-electron chi connectivity index (χ2n) is 5.09. The SMILES string of the molecule is COC(c1cc(C=O)cc(-c2ccc(C(F)(F)F)nc2)c1)C(F)(F)F. The van der Waals surface area contributed by atoms with Crippen molar-refractivity contribution in [3.63, 3.8) is 0 Å². The van der Waals surface area contributed by atoms with Crippen LogP contribution in [0.2, 0.25) is 0 Å². The summed E-state index contributed by atoms with van der Waals surface area (Å²) >= 11 is 0. The number of methoxy groups -OCH3 is 1. The van der Waals surface area contributed by atoms with E-state index in [1.807, 2.05) is 0 Å². The number of aldehydes is 1. The molecule has 1 aromatic carbocycles. The average molecular weight is 363 g/mol. The predicted octanol–water partition coefficient (Wildman–Crippen LogP) is 4.83. The molecule has 134 valence electrons. The van der Waals surface area contributed by atoms with Gasteiger partial charge in [-0.05, 0) is 35.4 Å². The van der Waals surface area contributed by atoms with Crippen LogP contribution in [0.4, 0.5) is 26.3 Å². The van der Waals surface area contributed by atoms with Crippen LogP contribution in [-0.2, 0) is 10.9 Å². The molecule has 25 heavy (non-hydrogen) atoms. The minimum absolute atomic E-state index is 0.0707. The maximum atomic E-state index is 13.0. The van der Waals surface area contributed by atoms with E-state index in [-0.39, 0.29) is 22.3 Å². The molecule has 1 atom stereocenters. The van der Waals surface area contributed by atoms with Gasteiger partial charge in [0.15, 0.2) is 6.10 Å². The molecule has 0 amide bonds. The highest BCUT2D eigenvalue weighted by Gasteiger charge is 2.41. The Balaban J connectivity index is 2.51. The molecule has 1 heterocycles. The summed E-state index contributed by atoms with van der Waals surface area (Å²) in [5.41, 5.74) is -1.29. The fourth-order valence-corrected chi connectivity index (χ4v) is 2.25. The van der Waals surface area contributed by atoms with Crippen LogP contribution >= 0.6 is 0 Å². The number of halogens is 6. The van der Waals surface area contributed by atoms with E-state index in [0.29, 0.717) is 12.4 Å². The summed E-state index contributed by atoms with van der Waals surface area (Å²) in [6.45, 7) is 0. The van der Waals surface area contributed by atoms with Crippen molar-refractivity contribution in [2.24, 2.45) is 0 Å². The number of hydrogen-bond donors (Lipinski definition) is 0. The van der Waals surface area contributed by atoms with E-state index in [9.17, 15) is 31.1 Å². The van der Waals surface area contributed by atoms with Crippen LogP contribution in [0.3, 0.4) is 0 Å². The lowest BCUT2D eigenvalue weighted by atomic mass is 9.98. The highest BCUT2D eigenvalue weighted by atomic mass is 19.4. The second-order valence-corrected chi connectivity index (χ2v) is 5.09. The molecule has 0 N–H and O–H groups in total. The zero-order chi connectivity index (χ0) is 18.8. The van der Waals surface area contributed by atoms with Crippen molar-refractivity contribution in [2.75, 3.05) is 7.11 Å². The van der Waals surface area contributed by atoms with Gasteiger partial charge in [-0.25, -0.2) is 0 Å².